The van der Waals surface area contributed by atoms with Crippen LogP contribution in [-0.4, -0.2) is 7.05 Å². The first kappa shape index (κ1) is 10.3. The Morgan fingerprint density at radius 2 is 1.75 bits per heavy atom. The molecule has 2 aromatic rings. The molecule has 0 aliphatic carbocycles. The van der Waals surface area contributed by atoms with E-state index in [1.54, 1.807) is 0 Å². The topological polar surface area (TPSA) is 35.8 Å². The Bertz CT molecular complexity index is 521. The molecule has 0 bridgehead atoms. The van der Waals surface area contributed by atoms with Crippen molar-refractivity contribution < 1.29 is 0 Å². The molecular formula is C14H12N2. The molecule has 1 N–H and O–H groups in total. The first-order valence-corrected chi connectivity index (χ1v) is 5.12. The lowest BCUT2D eigenvalue weighted by Gasteiger charge is -2.04. The molecule has 0 atom stereocenters. The standard InChI is InChI=1S/C14H12N2/c1-16-14-7-5-12(6-8-14)13-4-2-3-11(9-13)10-15/h2-9,16H,1H3. The van der Waals surface area contributed by atoms with E-state index in [4.69, 9.17) is 5.26 Å². The van der Waals surface area contributed by atoms with Crippen molar-refractivity contribution in [2.75, 3.05) is 12.4 Å². The number of benzene rings is 2. The van der Waals surface area contributed by atoms with E-state index >= 15 is 0 Å². The minimum atomic E-state index is 0.690. The highest BCUT2D eigenvalue weighted by molar-refractivity contribution is 5.67. The largest absolute Gasteiger partial charge is 0.388 e. The fraction of sp³-hybridized carbons (Fsp3) is 0.0714. The lowest BCUT2D eigenvalue weighted by atomic mass is 10.0. The molecule has 0 saturated heterocycles. The van der Waals surface area contributed by atoms with Gasteiger partial charge in [-0.2, -0.15) is 5.26 Å². The molecular weight excluding hydrogens is 196 g/mol. The zero-order valence-corrected chi connectivity index (χ0v) is 9.07. The molecule has 0 aromatic heterocycles. The second-order valence-electron chi connectivity index (χ2n) is 3.52. The van der Waals surface area contributed by atoms with Crippen LogP contribution in [0.4, 0.5) is 5.69 Å². The molecule has 0 saturated carbocycles. The molecule has 0 unspecified atom stereocenters. The van der Waals surface area contributed by atoms with Crippen molar-refractivity contribution in [2.45, 2.75) is 0 Å². The molecule has 2 aromatic carbocycles. The van der Waals surface area contributed by atoms with Gasteiger partial charge in [0.2, 0.25) is 0 Å². The summed E-state index contributed by atoms with van der Waals surface area (Å²) >= 11 is 0. The molecule has 0 amide bonds. The Hall–Kier alpha value is -2.27. The van der Waals surface area contributed by atoms with Crippen molar-refractivity contribution in [3.63, 3.8) is 0 Å². The predicted octanol–water partition coefficient (Wildman–Crippen LogP) is 3.27. The normalized spacial score (nSPS) is 9.50. The van der Waals surface area contributed by atoms with Crippen molar-refractivity contribution in [1.29, 1.82) is 5.26 Å². The fourth-order valence-corrected chi connectivity index (χ4v) is 1.60. The number of rotatable bonds is 2. The van der Waals surface area contributed by atoms with Gasteiger partial charge in [-0.05, 0) is 35.4 Å². The highest BCUT2D eigenvalue weighted by atomic mass is 14.8. The van der Waals surface area contributed by atoms with Gasteiger partial charge in [0, 0.05) is 12.7 Å². The Morgan fingerprint density at radius 3 is 2.38 bits per heavy atom. The summed E-state index contributed by atoms with van der Waals surface area (Å²) in [6.07, 6.45) is 0. The molecule has 0 heterocycles. The van der Waals surface area contributed by atoms with Crippen LogP contribution in [0.1, 0.15) is 5.56 Å². The van der Waals surface area contributed by atoms with Crippen LogP contribution in [0.3, 0.4) is 0 Å². The van der Waals surface area contributed by atoms with Crippen LogP contribution < -0.4 is 5.32 Å². The van der Waals surface area contributed by atoms with Crippen molar-refractivity contribution in [2.24, 2.45) is 0 Å². The molecule has 2 heteroatoms. The molecule has 16 heavy (non-hydrogen) atoms. The third-order valence-electron chi connectivity index (χ3n) is 2.50. The Balaban J connectivity index is 2.39. The van der Waals surface area contributed by atoms with E-state index in [2.05, 4.69) is 11.4 Å². The number of nitrogens with zero attached hydrogens (tertiary/aromatic N) is 1. The van der Waals surface area contributed by atoms with Gasteiger partial charge in [0.05, 0.1) is 11.6 Å². The molecule has 0 aliphatic heterocycles. The van der Waals surface area contributed by atoms with E-state index in [1.165, 1.54) is 0 Å². The number of hydrogen-bond acceptors (Lipinski definition) is 2. The van der Waals surface area contributed by atoms with Crippen LogP contribution in [0.15, 0.2) is 48.5 Å². The van der Waals surface area contributed by atoms with E-state index in [1.807, 2.05) is 55.6 Å². The van der Waals surface area contributed by atoms with Gasteiger partial charge in [-0.25, -0.2) is 0 Å². The summed E-state index contributed by atoms with van der Waals surface area (Å²) in [4.78, 5) is 0. The van der Waals surface area contributed by atoms with Crippen molar-refractivity contribution in [3.05, 3.63) is 54.1 Å². The average molecular weight is 208 g/mol. The van der Waals surface area contributed by atoms with Crippen molar-refractivity contribution >= 4 is 5.69 Å². The van der Waals surface area contributed by atoms with Gasteiger partial charge in [0.25, 0.3) is 0 Å². The SMILES string of the molecule is CNc1ccc(-c2cccc(C#N)c2)cc1. The maximum Gasteiger partial charge on any atom is 0.0991 e. The van der Waals surface area contributed by atoms with Crippen LogP contribution in [0.25, 0.3) is 11.1 Å². The minimum absolute atomic E-state index is 0.690. The van der Waals surface area contributed by atoms with Gasteiger partial charge in [-0.3, -0.25) is 0 Å². The van der Waals surface area contributed by atoms with E-state index in [-0.39, 0.29) is 0 Å². The van der Waals surface area contributed by atoms with Crippen LogP contribution >= 0.6 is 0 Å². The third-order valence-corrected chi connectivity index (χ3v) is 2.50. The Labute approximate surface area is 95.2 Å². The fourth-order valence-electron chi connectivity index (χ4n) is 1.60. The van der Waals surface area contributed by atoms with Gasteiger partial charge in [0.15, 0.2) is 0 Å². The summed E-state index contributed by atoms with van der Waals surface area (Å²) in [5, 5.41) is 11.9. The molecule has 78 valence electrons. The summed E-state index contributed by atoms with van der Waals surface area (Å²) in [5.74, 6) is 0. The third kappa shape index (κ3) is 2.04. The first-order chi connectivity index (χ1) is 7.83. The maximum atomic E-state index is 8.83. The van der Waals surface area contributed by atoms with Crippen LogP contribution in [0, 0.1) is 11.3 Å². The predicted molar refractivity (Wildman–Crippen MR) is 66.1 cm³/mol. The first-order valence-electron chi connectivity index (χ1n) is 5.12. The average Bonchev–Trinajstić information content (AvgIpc) is 2.39. The van der Waals surface area contributed by atoms with Gasteiger partial charge >= 0.3 is 0 Å². The lowest BCUT2D eigenvalue weighted by molar-refractivity contribution is 1.48. The van der Waals surface area contributed by atoms with Crippen LogP contribution in [0.2, 0.25) is 0 Å². The van der Waals surface area contributed by atoms with Crippen LogP contribution in [0.5, 0.6) is 0 Å². The van der Waals surface area contributed by atoms with Gasteiger partial charge < -0.3 is 5.32 Å². The quantitative estimate of drug-likeness (QED) is 0.822. The Morgan fingerprint density at radius 1 is 1.00 bits per heavy atom. The summed E-state index contributed by atoms with van der Waals surface area (Å²) in [7, 11) is 1.89. The zero-order chi connectivity index (χ0) is 11.4. The van der Waals surface area contributed by atoms with E-state index < -0.39 is 0 Å². The minimum Gasteiger partial charge on any atom is -0.388 e. The molecule has 2 nitrogen and oxygen atoms in total. The zero-order valence-electron chi connectivity index (χ0n) is 9.07. The smallest absolute Gasteiger partial charge is 0.0991 e. The highest BCUT2D eigenvalue weighted by Crippen LogP contribution is 2.21. The van der Waals surface area contributed by atoms with Gasteiger partial charge in [-0.1, -0.05) is 24.3 Å². The number of nitrogens with one attached hydrogen (secondary N) is 1. The number of anilines is 1. The molecule has 0 aliphatic rings. The molecule has 0 fully saturated rings. The van der Waals surface area contributed by atoms with Crippen molar-refractivity contribution in [3.8, 4) is 17.2 Å². The second-order valence-corrected chi connectivity index (χ2v) is 3.52. The summed E-state index contributed by atoms with van der Waals surface area (Å²) in [6.45, 7) is 0. The summed E-state index contributed by atoms with van der Waals surface area (Å²) in [6, 6.07) is 17.9. The Kier molecular flexibility index (Phi) is 2.88. The molecule has 0 radical (unpaired) electrons. The number of hydrogen-bond donors (Lipinski definition) is 1. The van der Waals surface area contributed by atoms with Gasteiger partial charge in [0.1, 0.15) is 0 Å². The van der Waals surface area contributed by atoms with Crippen molar-refractivity contribution in [1.82, 2.24) is 0 Å². The van der Waals surface area contributed by atoms with E-state index in [0.717, 1.165) is 16.8 Å². The van der Waals surface area contributed by atoms with E-state index in [0.29, 0.717) is 5.56 Å². The van der Waals surface area contributed by atoms with E-state index in [9.17, 15) is 0 Å². The molecule has 2 rings (SSSR count). The summed E-state index contributed by atoms with van der Waals surface area (Å²) in [5.41, 5.74) is 3.97. The van der Waals surface area contributed by atoms with Gasteiger partial charge in [-0.15, -0.1) is 0 Å². The van der Waals surface area contributed by atoms with Crippen LogP contribution in [-0.2, 0) is 0 Å². The maximum absolute atomic E-state index is 8.83. The highest BCUT2D eigenvalue weighted by Gasteiger charge is 1.98. The lowest BCUT2D eigenvalue weighted by Crippen LogP contribution is -1.87. The second kappa shape index (κ2) is 4.50. The summed E-state index contributed by atoms with van der Waals surface area (Å²) < 4.78 is 0. The monoisotopic (exact) mass is 208 g/mol. The molecule has 0 spiro atoms. The number of nitriles is 1.